The van der Waals surface area contributed by atoms with Crippen molar-refractivity contribution >= 4 is 23.3 Å². The Labute approximate surface area is 124 Å². The predicted molar refractivity (Wildman–Crippen MR) is 82.1 cm³/mol. The van der Waals surface area contributed by atoms with Crippen LogP contribution in [0.1, 0.15) is 23.6 Å². The smallest absolute Gasteiger partial charge is 0.337 e. The third kappa shape index (κ3) is 3.36. The van der Waals surface area contributed by atoms with Gasteiger partial charge in [-0.2, -0.15) is 0 Å². The van der Waals surface area contributed by atoms with Gasteiger partial charge in [0.05, 0.1) is 12.1 Å². The first-order chi connectivity index (χ1) is 9.47. The lowest BCUT2D eigenvalue weighted by molar-refractivity contribution is -0.140. The van der Waals surface area contributed by atoms with Crippen molar-refractivity contribution in [2.45, 2.75) is 27.4 Å². The molecule has 0 aliphatic carbocycles. The monoisotopic (exact) mass is 290 g/mol. The maximum atomic E-state index is 12.1. The topological polar surface area (TPSA) is 50.4 Å². The molecule has 5 heteroatoms. The van der Waals surface area contributed by atoms with Crippen LogP contribution in [0.5, 0.6) is 0 Å². The van der Waals surface area contributed by atoms with E-state index in [1.807, 2.05) is 39.0 Å². The van der Waals surface area contributed by atoms with E-state index in [9.17, 15) is 4.79 Å². The van der Waals surface area contributed by atoms with E-state index >= 15 is 0 Å². The van der Waals surface area contributed by atoms with Crippen LogP contribution in [-0.2, 0) is 16.1 Å². The molecule has 2 N–H and O–H groups in total. The predicted octanol–water partition coefficient (Wildman–Crippen LogP) is 2.10. The number of carbonyl (C=O) groups is 1. The number of hydrogen-bond acceptors (Lipinski definition) is 3. The fraction of sp³-hybridized carbons (Fsp3) is 0.333. The zero-order valence-corrected chi connectivity index (χ0v) is 12.7. The molecule has 0 unspecified atom stereocenters. The van der Waals surface area contributed by atoms with Crippen molar-refractivity contribution in [3.63, 3.8) is 0 Å². The van der Waals surface area contributed by atoms with Gasteiger partial charge in [0, 0.05) is 5.70 Å². The lowest BCUT2D eigenvalue weighted by Gasteiger charge is -2.21. The van der Waals surface area contributed by atoms with Crippen molar-refractivity contribution in [1.82, 2.24) is 10.6 Å². The number of nitrogens with one attached hydrogen (secondary N) is 2. The molecule has 4 nitrogen and oxygen atoms in total. The zero-order valence-electron chi connectivity index (χ0n) is 11.9. The Balaban J connectivity index is 2.04. The Hall–Kier alpha value is -1.88. The zero-order chi connectivity index (χ0) is 14.7. The van der Waals surface area contributed by atoms with E-state index in [1.165, 1.54) is 0 Å². The van der Waals surface area contributed by atoms with Gasteiger partial charge >= 0.3 is 5.97 Å². The van der Waals surface area contributed by atoms with Crippen molar-refractivity contribution in [2.75, 3.05) is 6.54 Å². The van der Waals surface area contributed by atoms with Crippen LogP contribution in [0.25, 0.3) is 0 Å². The summed E-state index contributed by atoms with van der Waals surface area (Å²) in [6, 6.07) is 6.12. The standard InChI is InChI=1S/C15H18N2O2S/c1-9-4-5-10(2)12(6-9)8-19-14(18)13-7-16-15(20)17-11(13)3/h4-6H,7-8H2,1-3H3,(H2,16,17,20). The fourth-order valence-corrected chi connectivity index (χ4v) is 2.23. The van der Waals surface area contributed by atoms with Crippen LogP contribution in [0.2, 0.25) is 0 Å². The van der Waals surface area contributed by atoms with Crippen molar-refractivity contribution in [3.8, 4) is 0 Å². The molecule has 1 aromatic rings. The van der Waals surface area contributed by atoms with Crippen LogP contribution in [0.15, 0.2) is 29.5 Å². The minimum atomic E-state index is -0.314. The summed E-state index contributed by atoms with van der Waals surface area (Å²) >= 11 is 4.99. The molecule has 0 spiro atoms. The molecule has 1 aromatic carbocycles. The third-order valence-electron chi connectivity index (χ3n) is 3.29. The maximum absolute atomic E-state index is 12.1. The number of hydrogen-bond donors (Lipinski definition) is 2. The fourth-order valence-electron chi connectivity index (χ4n) is 2.00. The molecule has 1 aliphatic heterocycles. The summed E-state index contributed by atoms with van der Waals surface area (Å²) < 4.78 is 5.39. The molecular weight excluding hydrogens is 272 g/mol. The second-order valence-electron chi connectivity index (χ2n) is 4.92. The number of thiocarbonyl (C=S) groups is 1. The second kappa shape index (κ2) is 6.05. The molecule has 2 rings (SSSR count). The van der Waals surface area contributed by atoms with Crippen LogP contribution < -0.4 is 10.6 Å². The molecular formula is C15H18N2O2S. The molecule has 20 heavy (non-hydrogen) atoms. The van der Waals surface area contributed by atoms with Gasteiger partial charge in [-0.25, -0.2) is 4.79 Å². The molecule has 0 aromatic heterocycles. The van der Waals surface area contributed by atoms with Crippen LogP contribution in [0, 0.1) is 13.8 Å². The molecule has 0 atom stereocenters. The Kier molecular flexibility index (Phi) is 4.39. The minimum absolute atomic E-state index is 0.285. The molecule has 0 saturated heterocycles. The highest BCUT2D eigenvalue weighted by molar-refractivity contribution is 7.80. The van der Waals surface area contributed by atoms with E-state index in [4.69, 9.17) is 17.0 Å². The van der Waals surface area contributed by atoms with Gasteiger partial charge in [0.1, 0.15) is 6.61 Å². The quantitative estimate of drug-likeness (QED) is 0.659. The normalized spacial score (nSPS) is 14.7. The third-order valence-corrected chi connectivity index (χ3v) is 3.54. The molecule has 0 fully saturated rings. The highest BCUT2D eigenvalue weighted by Crippen LogP contribution is 2.14. The first-order valence-electron chi connectivity index (χ1n) is 6.45. The SMILES string of the molecule is CC1=C(C(=O)OCc2cc(C)ccc2C)CNC(=S)N1. The van der Waals surface area contributed by atoms with E-state index in [0.29, 0.717) is 17.2 Å². The van der Waals surface area contributed by atoms with Crippen molar-refractivity contribution in [1.29, 1.82) is 0 Å². The number of esters is 1. The second-order valence-corrected chi connectivity index (χ2v) is 5.33. The lowest BCUT2D eigenvalue weighted by Crippen LogP contribution is -2.42. The highest BCUT2D eigenvalue weighted by atomic mass is 32.1. The van der Waals surface area contributed by atoms with Crippen LogP contribution in [0.3, 0.4) is 0 Å². The van der Waals surface area contributed by atoms with E-state index in [1.54, 1.807) is 0 Å². The van der Waals surface area contributed by atoms with E-state index < -0.39 is 0 Å². The summed E-state index contributed by atoms with van der Waals surface area (Å²) in [4.78, 5) is 12.1. The Morgan fingerprint density at radius 1 is 1.35 bits per heavy atom. The van der Waals surface area contributed by atoms with Gasteiger partial charge in [-0.05, 0) is 44.1 Å². The Morgan fingerprint density at radius 3 is 2.80 bits per heavy atom. The summed E-state index contributed by atoms with van der Waals surface area (Å²) in [7, 11) is 0. The van der Waals surface area contributed by atoms with E-state index in [2.05, 4.69) is 10.6 Å². The average molecular weight is 290 g/mol. The largest absolute Gasteiger partial charge is 0.457 e. The van der Waals surface area contributed by atoms with Gasteiger partial charge in [-0.1, -0.05) is 23.8 Å². The summed E-state index contributed by atoms with van der Waals surface area (Å²) in [5.74, 6) is -0.314. The number of ether oxygens (including phenoxy) is 1. The van der Waals surface area contributed by atoms with Gasteiger partial charge in [0.25, 0.3) is 0 Å². The van der Waals surface area contributed by atoms with Crippen LogP contribution in [-0.4, -0.2) is 17.6 Å². The van der Waals surface area contributed by atoms with E-state index in [0.717, 1.165) is 22.4 Å². The summed E-state index contributed by atoms with van der Waals surface area (Å²) in [5, 5.41) is 6.39. The van der Waals surface area contributed by atoms with Gasteiger partial charge in [-0.3, -0.25) is 0 Å². The first kappa shape index (κ1) is 14.5. The van der Waals surface area contributed by atoms with Crippen LogP contribution in [0.4, 0.5) is 0 Å². The van der Waals surface area contributed by atoms with Crippen LogP contribution >= 0.6 is 12.2 Å². The lowest BCUT2D eigenvalue weighted by atomic mass is 10.1. The number of benzene rings is 1. The molecule has 1 heterocycles. The van der Waals surface area contributed by atoms with Gasteiger partial charge in [-0.15, -0.1) is 0 Å². The number of aryl methyl sites for hydroxylation is 2. The summed E-state index contributed by atoms with van der Waals surface area (Å²) in [6.45, 7) is 6.54. The minimum Gasteiger partial charge on any atom is -0.457 e. The maximum Gasteiger partial charge on any atom is 0.337 e. The van der Waals surface area contributed by atoms with Gasteiger partial charge in [0.2, 0.25) is 0 Å². The molecule has 0 radical (unpaired) electrons. The van der Waals surface area contributed by atoms with Gasteiger partial charge < -0.3 is 15.4 Å². The summed E-state index contributed by atoms with van der Waals surface area (Å²) in [5.41, 5.74) is 4.64. The van der Waals surface area contributed by atoms with Gasteiger partial charge in [0.15, 0.2) is 5.11 Å². The Bertz CT molecular complexity index is 594. The first-order valence-corrected chi connectivity index (χ1v) is 6.86. The highest BCUT2D eigenvalue weighted by Gasteiger charge is 2.19. The molecule has 106 valence electrons. The average Bonchev–Trinajstić information content (AvgIpc) is 2.39. The molecule has 0 saturated carbocycles. The summed E-state index contributed by atoms with van der Waals surface area (Å²) in [6.07, 6.45) is 0. The number of rotatable bonds is 3. The van der Waals surface area contributed by atoms with Crippen molar-refractivity contribution in [2.24, 2.45) is 0 Å². The molecule has 0 amide bonds. The van der Waals surface area contributed by atoms with E-state index in [-0.39, 0.29) is 12.6 Å². The number of carbonyl (C=O) groups excluding carboxylic acids is 1. The van der Waals surface area contributed by atoms with Crippen molar-refractivity contribution < 1.29 is 9.53 Å². The molecule has 0 bridgehead atoms. The van der Waals surface area contributed by atoms with Crippen molar-refractivity contribution in [3.05, 3.63) is 46.2 Å². The Morgan fingerprint density at radius 2 is 2.10 bits per heavy atom. The molecule has 1 aliphatic rings. The number of allylic oxidation sites excluding steroid dienone is 1.